The summed E-state index contributed by atoms with van der Waals surface area (Å²) in [5, 5.41) is 8.15. The first-order valence-corrected chi connectivity index (χ1v) is 8.82. The number of benzene rings is 1. The molecule has 2 aromatic rings. The van der Waals surface area contributed by atoms with Crippen molar-refractivity contribution in [2.45, 2.75) is 38.6 Å². The maximum absolute atomic E-state index is 12.0. The number of nitrogens with zero attached hydrogens (tertiary/aromatic N) is 2. The predicted octanol–water partition coefficient (Wildman–Crippen LogP) is 4.09. The van der Waals surface area contributed by atoms with E-state index in [2.05, 4.69) is 10.4 Å². The third kappa shape index (κ3) is 5.51. The van der Waals surface area contributed by atoms with E-state index in [1.54, 1.807) is 23.0 Å². The molecule has 0 radical (unpaired) electrons. The van der Waals surface area contributed by atoms with Crippen molar-refractivity contribution in [3.8, 4) is 0 Å². The van der Waals surface area contributed by atoms with E-state index < -0.39 is 0 Å². The van der Waals surface area contributed by atoms with Crippen LogP contribution in [0.1, 0.15) is 37.7 Å². The lowest BCUT2D eigenvalue weighted by Gasteiger charge is -2.11. The minimum absolute atomic E-state index is 0.0123. The van der Waals surface area contributed by atoms with Gasteiger partial charge >= 0.3 is 0 Å². The van der Waals surface area contributed by atoms with E-state index in [0.717, 1.165) is 31.2 Å². The predicted molar refractivity (Wildman–Crippen MR) is 98.6 cm³/mol. The average molecular weight is 369 g/mol. The summed E-state index contributed by atoms with van der Waals surface area (Å²) in [6.45, 7) is 1.15. The van der Waals surface area contributed by atoms with Crippen molar-refractivity contribution >= 4 is 34.9 Å². The number of nitrogens with one attached hydrogen (secondary N) is 1. The maximum atomic E-state index is 12.0. The van der Waals surface area contributed by atoms with Crippen LogP contribution in [0, 0.1) is 0 Å². The zero-order valence-electron chi connectivity index (χ0n) is 13.5. The number of anilines is 1. The van der Waals surface area contributed by atoms with Gasteiger partial charge in [-0.3, -0.25) is 4.79 Å². The first-order valence-electron chi connectivity index (χ1n) is 8.06. The average Bonchev–Trinajstić information content (AvgIpc) is 2.98. The lowest BCUT2D eigenvalue weighted by Crippen LogP contribution is -2.16. The summed E-state index contributed by atoms with van der Waals surface area (Å²) < 4.78 is 1.70. The van der Waals surface area contributed by atoms with Crippen LogP contribution in [-0.2, 0) is 11.3 Å². The molecule has 1 aromatic carbocycles. The Bertz CT molecular complexity index is 672. The molecular weight excluding hydrogens is 347 g/mol. The van der Waals surface area contributed by atoms with Crippen molar-refractivity contribution in [2.75, 3.05) is 11.9 Å². The lowest BCUT2D eigenvalue weighted by atomic mass is 10.1. The third-order valence-corrected chi connectivity index (χ3v) is 4.55. The normalized spacial score (nSPS) is 10.8. The molecule has 0 bridgehead atoms. The monoisotopic (exact) mass is 368 g/mol. The summed E-state index contributed by atoms with van der Waals surface area (Å²) in [4.78, 5) is 12.0. The number of aromatic nitrogens is 2. The molecule has 0 spiro atoms. The van der Waals surface area contributed by atoms with Crippen molar-refractivity contribution in [3.63, 3.8) is 0 Å². The summed E-state index contributed by atoms with van der Waals surface area (Å²) in [6, 6.07) is 7.24. The smallest absolute Gasteiger partial charge is 0.225 e. The second-order valence-electron chi connectivity index (χ2n) is 5.59. The van der Waals surface area contributed by atoms with Crippen LogP contribution in [-0.4, -0.2) is 22.2 Å². The molecular formula is C17H22Cl2N4O. The lowest BCUT2D eigenvalue weighted by molar-refractivity contribution is -0.116. The highest BCUT2D eigenvalue weighted by Crippen LogP contribution is 2.26. The summed E-state index contributed by atoms with van der Waals surface area (Å²) in [5.74, 6) is 0.639. The summed E-state index contributed by atoms with van der Waals surface area (Å²) >= 11 is 12.2. The number of halogens is 2. The molecule has 7 heteroatoms. The summed E-state index contributed by atoms with van der Waals surface area (Å²) in [7, 11) is 0. The number of hydrogen-bond acceptors (Lipinski definition) is 3. The van der Waals surface area contributed by atoms with E-state index >= 15 is 0 Å². The SMILES string of the molecule is NCCCCCCC(=O)Nc1ccnn1Cc1cccc(Cl)c1Cl. The van der Waals surface area contributed by atoms with E-state index in [1.807, 2.05) is 12.1 Å². The number of unbranched alkanes of at least 4 members (excludes halogenated alkanes) is 3. The molecule has 0 aliphatic carbocycles. The summed E-state index contributed by atoms with van der Waals surface area (Å²) in [6.07, 6.45) is 6.09. The Morgan fingerprint density at radius 3 is 2.75 bits per heavy atom. The zero-order valence-corrected chi connectivity index (χ0v) is 15.0. The Hall–Kier alpha value is -1.56. The standard InChI is InChI=1S/C17H22Cl2N4O/c18-14-7-5-6-13(17(14)19)12-23-15(9-11-21-23)22-16(24)8-3-1-2-4-10-20/h5-7,9,11H,1-4,8,10,12,20H2,(H,22,24). The van der Waals surface area contributed by atoms with Gasteiger partial charge in [-0.15, -0.1) is 0 Å². The highest BCUT2D eigenvalue weighted by atomic mass is 35.5. The van der Waals surface area contributed by atoms with E-state index in [9.17, 15) is 4.79 Å². The number of carbonyl (C=O) groups is 1. The van der Waals surface area contributed by atoms with Crippen LogP contribution in [0.3, 0.4) is 0 Å². The van der Waals surface area contributed by atoms with Crippen LogP contribution in [0.4, 0.5) is 5.82 Å². The maximum Gasteiger partial charge on any atom is 0.225 e. The van der Waals surface area contributed by atoms with E-state index in [-0.39, 0.29) is 5.91 Å². The van der Waals surface area contributed by atoms with E-state index in [0.29, 0.717) is 35.4 Å². The third-order valence-electron chi connectivity index (χ3n) is 3.69. The van der Waals surface area contributed by atoms with Gasteiger partial charge < -0.3 is 11.1 Å². The molecule has 0 atom stereocenters. The molecule has 0 saturated heterocycles. The number of rotatable bonds is 9. The minimum Gasteiger partial charge on any atom is -0.330 e. The molecule has 0 aliphatic rings. The van der Waals surface area contributed by atoms with Crippen LogP contribution in [0.15, 0.2) is 30.5 Å². The Balaban J connectivity index is 1.90. The number of hydrogen-bond donors (Lipinski definition) is 2. The summed E-state index contributed by atoms with van der Waals surface area (Å²) in [5.41, 5.74) is 6.31. The fraction of sp³-hybridized carbons (Fsp3) is 0.412. The highest BCUT2D eigenvalue weighted by molar-refractivity contribution is 6.42. The molecule has 3 N–H and O–H groups in total. The van der Waals surface area contributed by atoms with E-state index in [4.69, 9.17) is 28.9 Å². The fourth-order valence-electron chi connectivity index (χ4n) is 2.39. The quantitative estimate of drug-likeness (QED) is 0.654. The number of carbonyl (C=O) groups excluding carboxylic acids is 1. The van der Waals surface area contributed by atoms with Gasteiger partial charge in [0.1, 0.15) is 5.82 Å². The molecule has 0 fully saturated rings. The van der Waals surface area contributed by atoms with Crippen molar-refractivity contribution in [2.24, 2.45) is 5.73 Å². The molecule has 24 heavy (non-hydrogen) atoms. The van der Waals surface area contributed by atoms with E-state index in [1.165, 1.54) is 0 Å². The number of amides is 1. The Morgan fingerprint density at radius 2 is 1.96 bits per heavy atom. The highest BCUT2D eigenvalue weighted by Gasteiger charge is 2.10. The minimum atomic E-state index is -0.0123. The molecule has 0 unspecified atom stereocenters. The topological polar surface area (TPSA) is 72.9 Å². The van der Waals surface area contributed by atoms with Gasteiger partial charge in [-0.1, -0.05) is 48.2 Å². The molecule has 1 aromatic heterocycles. The molecule has 130 valence electrons. The van der Waals surface area contributed by atoms with Gasteiger partial charge in [0.15, 0.2) is 0 Å². The largest absolute Gasteiger partial charge is 0.330 e. The van der Waals surface area contributed by atoms with Crippen LogP contribution < -0.4 is 11.1 Å². The number of nitrogens with two attached hydrogens (primary N) is 1. The van der Waals surface area contributed by atoms with Crippen LogP contribution in [0.2, 0.25) is 10.0 Å². The van der Waals surface area contributed by atoms with Gasteiger partial charge in [0.05, 0.1) is 22.8 Å². The zero-order chi connectivity index (χ0) is 17.4. The van der Waals surface area contributed by atoms with Gasteiger partial charge in [0, 0.05) is 12.5 Å². The van der Waals surface area contributed by atoms with Gasteiger partial charge in [0.2, 0.25) is 5.91 Å². The van der Waals surface area contributed by atoms with Gasteiger partial charge in [-0.25, -0.2) is 4.68 Å². The van der Waals surface area contributed by atoms with Crippen molar-refractivity contribution in [1.82, 2.24) is 9.78 Å². The molecule has 2 rings (SSSR count). The van der Waals surface area contributed by atoms with Crippen molar-refractivity contribution in [3.05, 3.63) is 46.1 Å². The second-order valence-corrected chi connectivity index (χ2v) is 6.37. The van der Waals surface area contributed by atoms with Gasteiger partial charge in [-0.2, -0.15) is 5.10 Å². The second kappa shape index (κ2) is 9.67. The van der Waals surface area contributed by atoms with Gasteiger partial charge in [-0.05, 0) is 31.0 Å². The Kier molecular flexibility index (Phi) is 7.56. The molecule has 1 heterocycles. The molecule has 5 nitrogen and oxygen atoms in total. The Morgan fingerprint density at radius 1 is 1.17 bits per heavy atom. The first kappa shape index (κ1) is 18.8. The van der Waals surface area contributed by atoms with Crippen molar-refractivity contribution in [1.29, 1.82) is 0 Å². The van der Waals surface area contributed by atoms with Crippen molar-refractivity contribution < 1.29 is 4.79 Å². The molecule has 1 amide bonds. The van der Waals surface area contributed by atoms with Crippen LogP contribution in [0.5, 0.6) is 0 Å². The first-order chi connectivity index (χ1) is 11.6. The Labute approximate surface area is 152 Å². The fourth-order valence-corrected chi connectivity index (χ4v) is 2.77. The molecule has 0 aliphatic heterocycles. The van der Waals surface area contributed by atoms with Crippen LogP contribution in [0.25, 0.3) is 0 Å². The van der Waals surface area contributed by atoms with Crippen LogP contribution >= 0.6 is 23.2 Å². The van der Waals surface area contributed by atoms with Gasteiger partial charge in [0.25, 0.3) is 0 Å². The molecule has 0 saturated carbocycles.